The number of benzene rings is 1. The summed E-state index contributed by atoms with van der Waals surface area (Å²) in [4.78, 5) is 9.25. The lowest BCUT2D eigenvalue weighted by molar-refractivity contribution is 0.647. The second-order valence-electron chi connectivity index (χ2n) is 5.95. The second kappa shape index (κ2) is 5.35. The van der Waals surface area contributed by atoms with Crippen LogP contribution in [0.4, 0.5) is 0 Å². The van der Waals surface area contributed by atoms with Gasteiger partial charge in [0.25, 0.3) is 0 Å². The number of hydrogen-bond donors (Lipinski definition) is 0. The summed E-state index contributed by atoms with van der Waals surface area (Å²) in [6.07, 6.45) is 5.19. The van der Waals surface area contributed by atoms with E-state index in [9.17, 15) is 0 Å². The normalized spacial score (nSPS) is 12.4. The molecule has 1 aliphatic heterocycles. The van der Waals surface area contributed by atoms with Gasteiger partial charge in [-0.3, -0.25) is 0 Å². The van der Waals surface area contributed by atoms with E-state index in [4.69, 9.17) is 10.1 Å². The van der Waals surface area contributed by atoms with Gasteiger partial charge in [0.05, 0.1) is 36.5 Å². The minimum Gasteiger partial charge on any atom is -0.312 e. The first kappa shape index (κ1) is 14.5. The van der Waals surface area contributed by atoms with Gasteiger partial charge in [0.2, 0.25) is 0 Å². The molecule has 0 radical (unpaired) electrons. The third-order valence-electron chi connectivity index (χ3n) is 4.34. The molecule has 3 aromatic heterocycles. The highest BCUT2D eigenvalue weighted by Crippen LogP contribution is 2.33. The lowest BCUT2D eigenvalue weighted by atomic mass is 10.1. The van der Waals surface area contributed by atoms with Crippen molar-refractivity contribution < 1.29 is 0 Å². The standard InChI is InChI=1S/C16H13BrN8/c1-10-14-5-25-16(21-15(22-25)6-23-8-19-20-9-23)12-4-11(17)2-3-13(12)24(14)7-18-10/h2-4,7-9H,5-6H2,1H3. The molecule has 0 unspecified atom stereocenters. The highest BCUT2D eigenvalue weighted by molar-refractivity contribution is 9.10. The van der Waals surface area contributed by atoms with Gasteiger partial charge in [-0.05, 0) is 25.1 Å². The number of halogens is 1. The van der Waals surface area contributed by atoms with Crippen LogP contribution >= 0.6 is 15.9 Å². The van der Waals surface area contributed by atoms with Gasteiger partial charge < -0.3 is 9.13 Å². The maximum Gasteiger partial charge on any atom is 0.171 e. The Balaban J connectivity index is 1.70. The van der Waals surface area contributed by atoms with Gasteiger partial charge in [-0.15, -0.1) is 10.2 Å². The maximum atomic E-state index is 4.78. The monoisotopic (exact) mass is 396 g/mol. The third-order valence-corrected chi connectivity index (χ3v) is 4.83. The van der Waals surface area contributed by atoms with Gasteiger partial charge >= 0.3 is 0 Å². The van der Waals surface area contributed by atoms with Crippen LogP contribution in [-0.2, 0) is 13.1 Å². The highest BCUT2D eigenvalue weighted by atomic mass is 79.9. The largest absolute Gasteiger partial charge is 0.312 e. The van der Waals surface area contributed by atoms with Crippen LogP contribution < -0.4 is 0 Å². The van der Waals surface area contributed by atoms with Crippen LogP contribution in [0.5, 0.6) is 0 Å². The van der Waals surface area contributed by atoms with E-state index in [1.807, 2.05) is 28.6 Å². The number of imidazole rings is 1. The van der Waals surface area contributed by atoms with Crippen molar-refractivity contribution in [2.24, 2.45) is 0 Å². The molecule has 4 heterocycles. The number of nitrogens with zero attached hydrogens (tertiary/aromatic N) is 8. The lowest BCUT2D eigenvalue weighted by Gasteiger charge is -2.08. The third kappa shape index (κ3) is 2.30. The molecular formula is C16H13BrN8. The van der Waals surface area contributed by atoms with Gasteiger partial charge in [-0.1, -0.05) is 15.9 Å². The Morgan fingerprint density at radius 3 is 2.84 bits per heavy atom. The van der Waals surface area contributed by atoms with Gasteiger partial charge in [0.15, 0.2) is 11.6 Å². The first-order valence-electron chi connectivity index (χ1n) is 7.78. The molecule has 0 N–H and O–H groups in total. The number of aromatic nitrogens is 8. The quantitative estimate of drug-likeness (QED) is 0.456. The molecule has 0 aliphatic carbocycles. The predicted octanol–water partition coefficient (Wildman–Crippen LogP) is 2.20. The van der Waals surface area contributed by atoms with Crippen molar-refractivity contribution in [2.45, 2.75) is 20.0 Å². The molecule has 25 heavy (non-hydrogen) atoms. The molecule has 8 nitrogen and oxygen atoms in total. The zero-order chi connectivity index (χ0) is 17.0. The predicted molar refractivity (Wildman–Crippen MR) is 93.2 cm³/mol. The van der Waals surface area contributed by atoms with Crippen molar-refractivity contribution in [3.63, 3.8) is 0 Å². The smallest absolute Gasteiger partial charge is 0.171 e. The molecule has 0 atom stereocenters. The summed E-state index contributed by atoms with van der Waals surface area (Å²) in [5.74, 6) is 1.58. The van der Waals surface area contributed by atoms with Crippen molar-refractivity contribution in [1.82, 2.24) is 39.1 Å². The van der Waals surface area contributed by atoms with Gasteiger partial charge in [-0.2, -0.15) is 5.10 Å². The average Bonchev–Trinajstić information content (AvgIpc) is 3.30. The van der Waals surface area contributed by atoms with Crippen LogP contribution in [0.1, 0.15) is 17.2 Å². The number of fused-ring (bicyclic) bond motifs is 5. The fourth-order valence-corrected chi connectivity index (χ4v) is 3.49. The van der Waals surface area contributed by atoms with E-state index in [1.54, 1.807) is 12.7 Å². The fourth-order valence-electron chi connectivity index (χ4n) is 3.13. The van der Waals surface area contributed by atoms with Gasteiger partial charge in [0, 0.05) is 10.0 Å². The van der Waals surface area contributed by atoms with Crippen molar-refractivity contribution in [2.75, 3.05) is 0 Å². The number of aryl methyl sites for hydroxylation is 1. The van der Waals surface area contributed by atoms with Crippen LogP contribution in [-0.4, -0.2) is 39.1 Å². The summed E-state index contributed by atoms with van der Waals surface area (Å²) in [7, 11) is 0. The molecule has 1 aliphatic rings. The Hall–Kier alpha value is -2.81. The lowest BCUT2D eigenvalue weighted by Crippen LogP contribution is -2.07. The van der Waals surface area contributed by atoms with E-state index in [0.717, 1.165) is 38.8 Å². The summed E-state index contributed by atoms with van der Waals surface area (Å²) < 4.78 is 6.92. The maximum absolute atomic E-state index is 4.78. The van der Waals surface area contributed by atoms with Crippen molar-refractivity contribution in [1.29, 1.82) is 0 Å². The van der Waals surface area contributed by atoms with Crippen LogP contribution in [0.15, 0.2) is 41.7 Å². The van der Waals surface area contributed by atoms with Crippen molar-refractivity contribution >= 4 is 15.9 Å². The molecule has 0 bridgehead atoms. The molecule has 0 saturated carbocycles. The Morgan fingerprint density at radius 1 is 1.16 bits per heavy atom. The van der Waals surface area contributed by atoms with E-state index in [-0.39, 0.29) is 0 Å². The Bertz CT molecular complexity index is 1080. The van der Waals surface area contributed by atoms with Gasteiger partial charge in [0.1, 0.15) is 12.7 Å². The molecule has 124 valence electrons. The molecule has 4 aromatic rings. The molecule has 1 aromatic carbocycles. The van der Waals surface area contributed by atoms with Gasteiger partial charge in [-0.25, -0.2) is 14.6 Å². The Labute approximate surface area is 151 Å². The molecule has 0 fully saturated rings. The van der Waals surface area contributed by atoms with Crippen LogP contribution in [0, 0.1) is 6.92 Å². The highest BCUT2D eigenvalue weighted by Gasteiger charge is 2.24. The number of hydrogen-bond acceptors (Lipinski definition) is 5. The van der Waals surface area contributed by atoms with Crippen molar-refractivity contribution in [3.05, 3.63) is 58.9 Å². The van der Waals surface area contributed by atoms with Crippen LogP contribution in [0.25, 0.3) is 17.1 Å². The fraction of sp³-hybridized carbons (Fsp3) is 0.188. The van der Waals surface area contributed by atoms with E-state index < -0.39 is 0 Å². The summed E-state index contributed by atoms with van der Waals surface area (Å²) in [6, 6.07) is 6.18. The Morgan fingerprint density at radius 2 is 2.00 bits per heavy atom. The summed E-state index contributed by atoms with van der Waals surface area (Å²) in [5.41, 5.74) is 4.19. The average molecular weight is 397 g/mol. The Kier molecular flexibility index (Phi) is 3.11. The molecule has 0 spiro atoms. The van der Waals surface area contributed by atoms with E-state index in [1.165, 1.54) is 0 Å². The number of rotatable bonds is 2. The molecule has 5 rings (SSSR count). The minimum atomic E-state index is 0.536. The molecular weight excluding hydrogens is 384 g/mol. The topological polar surface area (TPSA) is 79.2 Å². The summed E-state index contributed by atoms with van der Waals surface area (Å²) >= 11 is 3.57. The zero-order valence-corrected chi connectivity index (χ0v) is 14.9. The molecule has 0 amide bonds. The minimum absolute atomic E-state index is 0.536. The first-order chi connectivity index (χ1) is 12.2. The van der Waals surface area contributed by atoms with Crippen LogP contribution in [0.3, 0.4) is 0 Å². The summed E-state index contributed by atoms with van der Waals surface area (Å²) in [5, 5.41) is 12.4. The second-order valence-corrected chi connectivity index (χ2v) is 6.87. The molecule has 9 heteroatoms. The SMILES string of the molecule is Cc1ncn2c1Cn1nc(Cn3cnnc3)nc1-c1cc(Br)ccc1-2. The van der Waals surface area contributed by atoms with E-state index in [2.05, 4.69) is 47.8 Å². The zero-order valence-electron chi connectivity index (χ0n) is 13.3. The van der Waals surface area contributed by atoms with E-state index >= 15 is 0 Å². The van der Waals surface area contributed by atoms with Crippen molar-refractivity contribution in [3.8, 4) is 17.1 Å². The first-order valence-corrected chi connectivity index (χ1v) is 8.57. The molecule has 0 saturated heterocycles. The summed E-state index contributed by atoms with van der Waals surface area (Å²) in [6.45, 7) is 3.18. The van der Waals surface area contributed by atoms with Crippen LogP contribution in [0.2, 0.25) is 0 Å². The van der Waals surface area contributed by atoms with E-state index in [0.29, 0.717) is 13.1 Å².